The van der Waals surface area contributed by atoms with Gasteiger partial charge in [-0.3, -0.25) is 0 Å². The molecule has 0 fully saturated rings. The Morgan fingerprint density at radius 2 is 1.75 bits per heavy atom. The number of ether oxygens (including phenoxy) is 1. The summed E-state index contributed by atoms with van der Waals surface area (Å²) in [4.78, 5) is 0. The Hall–Kier alpha value is -1.12. The van der Waals surface area contributed by atoms with E-state index in [2.05, 4.69) is 59.3 Å². The Bertz CT molecular complexity index is 510. The van der Waals surface area contributed by atoms with Crippen molar-refractivity contribution in [2.75, 3.05) is 11.9 Å². The lowest BCUT2D eigenvalue weighted by molar-refractivity contribution is 0.0938. The van der Waals surface area contributed by atoms with Crippen molar-refractivity contribution < 1.29 is 4.74 Å². The standard InChI is InChI=1S/C18H21BrO/c1-15-6-5-9-17(10-15)11-18(12-19)14-20-13-16-7-3-2-4-8-16/h2-10,18H,11-14H2,1H3. The summed E-state index contributed by atoms with van der Waals surface area (Å²) in [6.07, 6.45) is 1.06. The highest BCUT2D eigenvalue weighted by Gasteiger charge is 2.09. The van der Waals surface area contributed by atoms with Gasteiger partial charge >= 0.3 is 0 Å². The summed E-state index contributed by atoms with van der Waals surface area (Å²) < 4.78 is 5.85. The van der Waals surface area contributed by atoms with Gasteiger partial charge in [-0.05, 0) is 30.4 Å². The van der Waals surface area contributed by atoms with Gasteiger partial charge in [0.2, 0.25) is 0 Å². The Morgan fingerprint density at radius 3 is 2.45 bits per heavy atom. The van der Waals surface area contributed by atoms with Crippen molar-refractivity contribution in [3.05, 3.63) is 71.3 Å². The van der Waals surface area contributed by atoms with E-state index in [0.717, 1.165) is 18.4 Å². The summed E-state index contributed by atoms with van der Waals surface area (Å²) in [5.74, 6) is 0.514. The topological polar surface area (TPSA) is 9.23 Å². The van der Waals surface area contributed by atoms with Crippen molar-refractivity contribution in [1.82, 2.24) is 0 Å². The van der Waals surface area contributed by atoms with Gasteiger partial charge in [-0.25, -0.2) is 0 Å². The zero-order chi connectivity index (χ0) is 14.2. The van der Waals surface area contributed by atoms with Crippen molar-refractivity contribution in [3.8, 4) is 0 Å². The monoisotopic (exact) mass is 332 g/mol. The molecule has 0 aliphatic rings. The van der Waals surface area contributed by atoms with E-state index in [0.29, 0.717) is 12.5 Å². The summed E-state index contributed by atoms with van der Waals surface area (Å²) >= 11 is 3.60. The van der Waals surface area contributed by atoms with Crippen LogP contribution in [0.2, 0.25) is 0 Å². The fraction of sp³-hybridized carbons (Fsp3) is 0.333. The highest BCUT2D eigenvalue weighted by atomic mass is 79.9. The summed E-state index contributed by atoms with van der Waals surface area (Å²) in [7, 11) is 0. The number of alkyl halides is 1. The van der Waals surface area contributed by atoms with E-state index in [1.54, 1.807) is 0 Å². The predicted molar refractivity (Wildman–Crippen MR) is 88.3 cm³/mol. The maximum Gasteiger partial charge on any atom is 0.0717 e. The minimum absolute atomic E-state index is 0.514. The van der Waals surface area contributed by atoms with Crippen LogP contribution in [0.5, 0.6) is 0 Å². The maximum absolute atomic E-state index is 5.85. The minimum Gasteiger partial charge on any atom is -0.376 e. The van der Waals surface area contributed by atoms with Gasteiger partial charge in [-0.2, -0.15) is 0 Å². The van der Waals surface area contributed by atoms with E-state index < -0.39 is 0 Å². The first kappa shape index (κ1) is 15.3. The smallest absolute Gasteiger partial charge is 0.0717 e. The molecule has 0 saturated carbocycles. The van der Waals surface area contributed by atoms with Crippen molar-refractivity contribution in [1.29, 1.82) is 0 Å². The van der Waals surface area contributed by atoms with Crippen LogP contribution < -0.4 is 0 Å². The molecule has 1 atom stereocenters. The van der Waals surface area contributed by atoms with E-state index in [1.165, 1.54) is 16.7 Å². The van der Waals surface area contributed by atoms with Gasteiger partial charge < -0.3 is 4.74 Å². The third-order valence-corrected chi connectivity index (χ3v) is 4.21. The number of hydrogen-bond acceptors (Lipinski definition) is 1. The molecule has 0 bridgehead atoms. The van der Waals surface area contributed by atoms with Gasteiger partial charge in [-0.1, -0.05) is 76.1 Å². The summed E-state index contributed by atoms with van der Waals surface area (Å²) in [6.45, 7) is 3.62. The zero-order valence-corrected chi connectivity index (χ0v) is 13.5. The molecular weight excluding hydrogens is 312 g/mol. The molecule has 0 aliphatic heterocycles. The molecule has 0 N–H and O–H groups in total. The SMILES string of the molecule is Cc1cccc(CC(CBr)COCc2ccccc2)c1. The van der Waals surface area contributed by atoms with Crippen LogP contribution in [0, 0.1) is 12.8 Å². The minimum atomic E-state index is 0.514. The molecule has 2 aromatic carbocycles. The fourth-order valence-corrected chi connectivity index (χ4v) is 2.66. The van der Waals surface area contributed by atoms with E-state index in [9.17, 15) is 0 Å². The van der Waals surface area contributed by atoms with Crippen LogP contribution in [-0.2, 0) is 17.8 Å². The first-order valence-corrected chi connectivity index (χ1v) is 8.13. The van der Waals surface area contributed by atoms with Crippen molar-refractivity contribution in [3.63, 3.8) is 0 Å². The Balaban J connectivity index is 1.80. The maximum atomic E-state index is 5.85. The van der Waals surface area contributed by atoms with Gasteiger partial charge in [0, 0.05) is 5.33 Å². The van der Waals surface area contributed by atoms with Gasteiger partial charge in [0.25, 0.3) is 0 Å². The summed E-state index contributed by atoms with van der Waals surface area (Å²) in [6, 6.07) is 19.0. The third kappa shape index (κ3) is 5.10. The molecule has 0 aromatic heterocycles. The second-order valence-electron chi connectivity index (χ2n) is 5.21. The molecule has 2 aromatic rings. The van der Waals surface area contributed by atoms with Gasteiger partial charge in [0.15, 0.2) is 0 Å². The molecule has 1 nitrogen and oxygen atoms in total. The Morgan fingerprint density at radius 1 is 1.00 bits per heavy atom. The molecule has 0 radical (unpaired) electrons. The molecule has 0 heterocycles. The molecule has 20 heavy (non-hydrogen) atoms. The molecular formula is C18H21BrO. The second kappa shape index (κ2) is 8.23. The van der Waals surface area contributed by atoms with E-state index in [-0.39, 0.29) is 0 Å². The van der Waals surface area contributed by atoms with Crippen molar-refractivity contribution in [2.24, 2.45) is 5.92 Å². The van der Waals surface area contributed by atoms with E-state index >= 15 is 0 Å². The number of rotatable bonds is 7. The average molecular weight is 333 g/mol. The van der Waals surface area contributed by atoms with Crippen LogP contribution >= 0.6 is 15.9 Å². The number of hydrogen-bond donors (Lipinski definition) is 0. The van der Waals surface area contributed by atoms with Crippen molar-refractivity contribution >= 4 is 15.9 Å². The number of halogens is 1. The van der Waals surface area contributed by atoms with Gasteiger partial charge in [-0.15, -0.1) is 0 Å². The van der Waals surface area contributed by atoms with Gasteiger partial charge in [0.1, 0.15) is 0 Å². The zero-order valence-electron chi connectivity index (χ0n) is 11.9. The molecule has 0 saturated heterocycles. The quantitative estimate of drug-likeness (QED) is 0.664. The number of benzene rings is 2. The average Bonchev–Trinajstić information content (AvgIpc) is 2.47. The largest absolute Gasteiger partial charge is 0.376 e. The van der Waals surface area contributed by atoms with Crippen LogP contribution in [0.1, 0.15) is 16.7 Å². The molecule has 0 aliphatic carbocycles. The lowest BCUT2D eigenvalue weighted by atomic mass is 10.0. The lowest BCUT2D eigenvalue weighted by Gasteiger charge is -2.15. The number of aryl methyl sites for hydroxylation is 1. The van der Waals surface area contributed by atoms with Crippen LogP contribution in [0.25, 0.3) is 0 Å². The molecule has 0 amide bonds. The summed E-state index contributed by atoms with van der Waals surface area (Å²) in [5.41, 5.74) is 3.94. The Kier molecular flexibility index (Phi) is 6.28. The lowest BCUT2D eigenvalue weighted by Crippen LogP contribution is -2.14. The van der Waals surface area contributed by atoms with Crippen LogP contribution in [0.4, 0.5) is 0 Å². The van der Waals surface area contributed by atoms with Gasteiger partial charge in [0.05, 0.1) is 13.2 Å². The van der Waals surface area contributed by atoms with Crippen LogP contribution in [0.15, 0.2) is 54.6 Å². The van der Waals surface area contributed by atoms with E-state index in [1.807, 2.05) is 18.2 Å². The predicted octanol–water partition coefficient (Wildman–Crippen LogP) is 4.77. The first-order valence-electron chi connectivity index (χ1n) is 7.01. The Labute approximate surface area is 130 Å². The molecule has 2 rings (SSSR count). The molecule has 1 unspecified atom stereocenters. The first-order chi connectivity index (χ1) is 9.78. The fourth-order valence-electron chi connectivity index (χ4n) is 2.25. The normalized spacial score (nSPS) is 12.3. The van der Waals surface area contributed by atoms with Crippen molar-refractivity contribution in [2.45, 2.75) is 20.0 Å². The molecule has 2 heteroatoms. The highest BCUT2D eigenvalue weighted by molar-refractivity contribution is 9.09. The summed E-state index contributed by atoms with van der Waals surface area (Å²) in [5, 5.41) is 0.968. The van der Waals surface area contributed by atoms with E-state index in [4.69, 9.17) is 4.74 Å². The third-order valence-electron chi connectivity index (χ3n) is 3.29. The van der Waals surface area contributed by atoms with Crippen LogP contribution in [-0.4, -0.2) is 11.9 Å². The second-order valence-corrected chi connectivity index (χ2v) is 5.86. The van der Waals surface area contributed by atoms with Crippen LogP contribution in [0.3, 0.4) is 0 Å². The highest BCUT2D eigenvalue weighted by Crippen LogP contribution is 2.14. The molecule has 0 spiro atoms. The molecule has 106 valence electrons.